The summed E-state index contributed by atoms with van der Waals surface area (Å²) in [5.41, 5.74) is 1.19. The first-order valence-corrected chi connectivity index (χ1v) is 10.4. The summed E-state index contributed by atoms with van der Waals surface area (Å²) in [5.74, 6) is 5.93. The Morgan fingerprint density at radius 2 is 1.97 bits per heavy atom. The monoisotopic (exact) mass is 455 g/mol. The van der Waals surface area contributed by atoms with E-state index in [4.69, 9.17) is 11.6 Å². The summed E-state index contributed by atoms with van der Waals surface area (Å²) in [4.78, 5) is 5.73. The normalized spacial score (nSPS) is 14.6. The Morgan fingerprint density at radius 3 is 2.72 bits per heavy atom. The molecule has 0 N–H and O–H groups in total. The highest BCUT2D eigenvalue weighted by atomic mass is 35.5. The molecule has 0 spiro atoms. The van der Waals surface area contributed by atoms with Gasteiger partial charge in [-0.2, -0.15) is 4.98 Å². The first-order chi connectivity index (χ1) is 15.3. The molecule has 0 unspecified atom stereocenters. The molecule has 1 fully saturated rings. The molecule has 0 aliphatic heterocycles. The van der Waals surface area contributed by atoms with Gasteiger partial charge in [0, 0.05) is 22.1 Å². The summed E-state index contributed by atoms with van der Waals surface area (Å²) in [6.45, 7) is 1.35. The van der Waals surface area contributed by atoms with Crippen LogP contribution in [0.4, 0.5) is 24.7 Å². The fraction of sp³-hybridized carbons (Fsp3) is 0.261. The molecule has 0 saturated heterocycles. The maximum absolute atomic E-state index is 14.5. The van der Waals surface area contributed by atoms with E-state index < -0.39 is 18.8 Å². The van der Waals surface area contributed by atoms with Crippen LogP contribution in [0.5, 0.6) is 0 Å². The van der Waals surface area contributed by atoms with Gasteiger partial charge in [0.2, 0.25) is 5.28 Å². The van der Waals surface area contributed by atoms with Gasteiger partial charge in [-0.3, -0.25) is 0 Å². The number of para-hydroxylation sites is 1. The highest BCUT2D eigenvalue weighted by Crippen LogP contribution is 2.44. The molecule has 162 valence electrons. The number of anilines is 2. The van der Waals surface area contributed by atoms with Gasteiger partial charge in [-0.1, -0.05) is 24.0 Å². The first-order valence-electron chi connectivity index (χ1n) is 10.0. The number of aromatic nitrogens is 4. The molecular weight excluding hydrogens is 439 g/mol. The summed E-state index contributed by atoms with van der Waals surface area (Å²) in [6.07, 6.45) is -0.705. The van der Waals surface area contributed by atoms with Crippen molar-refractivity contribution in [2.24, 2.45) is 5.41 Å². The molecule has 1 saturated carbocycles. The Hall–Kier alpha value is -3.31. The third-order valence-electron chi connectivity index (χ3n) is 5.48. The number of halogens is 4. The Balaban J connectivity index is 1.70. The van der Waals surface area contributed by atoms with Crippen molar-refractivity contribution in [3.05, 3.63) is 59.1 Å². The van der Waals surface area contributed by atoms with Crippen LogP contribution in [-0.4, -0.2) is 32.6 Å². The van der Waals surface area contributed by atoms with Crippen LogP contribution < -0.4 is 4.90 Å². The summed E-state index contributed by atoms with van der Waals surface area (Å²) in [5, 5.41) is 8.42. The number of alkyl halides is 2. The molecule has 4 aromatic rings. The lowest BCUT2D eigenvalue weighted by Crippen LogP contribution is -2.25. The van der Waals surface area contributed by atoms with Gasteiger partial charge in [0.15, 0.2) is 0 Å². The smallest absolute Gasteiger partial charge is 0.258 e. The van der Waals surface area contributed by atoms with E-state index in [2.05, 4.69) is 27.0 Å². The van der Waals surface area contributed by atoms with Gasteiger partial charge in [-0.05, 0) is 61.7 Å². The van der Waals surface area contributed by atoms with Crippen LogP contribution >= 0.6 is 11.6 Å². The zero-order valence-corrected chi connectivity index (χ0v) is 17.7. The van der Waals surface area contributed by atoms with Crippen molar-refractivity contribution in [2.75, 3.05) is 11.4 Å². The van der Waals surface area contributed by atoms with Gasteiger partial charge in [-0.25, -0.2) is 17.6 Å². The third kappa shape index (κ3) is 3.84. The Kier molecular flexibility index (Phi) is 4.94. The zero-order chi connectivity index (χ0) is 22.5. The van der Waals surface area contributed by atoms with Crippen LogP contribution in [0, 0.1) is 23.1 Å². The van der Waals surface area contributed by atoms with E-state index in [-0.39, 0.29) is 28.0 Å². The predicted octanol–water partition coefficient (Wildman–Crippen LogP) is 5.62. The van der Waals surface area contributed by atoms with Gasteiger partial charge in [0.1, 0.15) is 11.6 Å². The lowest BCUT2D eigenvalue weighted by molar-refractivity contribution is 0.158. The van der Waals surface area contributed by atoms with E-state index in [9.17, 15) is 13.2 Å². The molecule has 5 nitrogen and oxygen atoms in total. The highest BCUT2D eigenvalue weighted by Gasteiger charge is 2.35. The minimum atomic E-state index is -2.70. The standard InChI is InChI=1S/C23H17ClF3N5/c1-23(8-9-23)7-6-14-10-15(25)12-16(11-14)31(13-19(26)27)20-17-4-2-3-5-18(17)32-21(24)29-30-22(32)28-20/h2-5,10-12,19H,8-9,13H2,1H3. The van der Waals surface area contributed by atoms with Gasteiger partial charge in [0.25, 0.3) is 12.2 Å². The van der Waals surface area contributed by atoms with Crippen molar-refractivity contribution < 1.29 is 13.2 Å². The van der Waals surface area contributed by atoms with Crippen LogP contribution in [0.3, 0.4) is 0 Å². The first kappa shape index (κ1) is 20.6. The topological polar surface area (TPSA) is 46.3 Å². The lowest BCUT2D eigenvalue weighted by atomic mass is 10.1. The summed E-state index contributed by atoms with van der Waals surface area (Å²) < 4.78 is 43.3. The number of nitrogens with zero attached hydrogens (tertiary/aromatic N) is 5. The SMILES string of the molecule is CC1(C#Cc2cc(F)cc(N(CC(F)F)c3nc4nnc(Cl)n4c4ccccc34)c2)CC1. The average molecular weight is 456 g/mol. The molecule has 5 rings (SSSR count). The molecule has 0 radical (unpaired) electrons. The fourth-order valence-corrected chi connectivity index (χ4v) is 3.75. The molecule has 2 heterocycles. The van der Waals surface area contributed by atoms with E-state index in [1.165, 1.54) is 21.4 Å². The van der Waals surface area contributed by atoms with E-state index in [1.807, 2.05) is 6.92 Å². The van der Waals surface area contributed by atoms with Gasteiger partial charge in [0.05, 0.1) is 12.1 Å². The van der Waals surface area contributed by atoms with E-state index in [0.717, 1.165) is 12.8 Å². The van der Waals surface area contributed by atoms with Crippen LogP contribution in [-0.2, 0) is 0 Å². The van der Waals surface area contributed by atoms with Gasteiger partial charge < -0.3 is 4.90 Å². The second-order valence-electron chi connectivity index (χ2n) is 8.07. The van der Waals surface area contributed by atoms with E-state index >= 15 is 0 Å². The van der Waals surface area contributed by atoms with Crippen molar-refractivity contribution >= 4 is 39.8 Å². The van der Waals surface area contributed by atoms with Crippen LogP contribution in [0.1, 0.15) is 25.3 Å². The number of rotatable bonds is 4. The number of hydrogen-bond acceptors (Lipinski definition) is 4. The zero-order valence-electron chi connectivity index (χ0n) is 17.0. The second kappa shape index (κ2) is 7.68. The third-order valence-corrected chi connectivity index (χ3v) is 5.72. The Bertz CT molecular complexity index is 1400. The minimum Gasteiger partial charge on any atom is -0.320 e. The molecule has 1 aliphatic rings. The quantitative estimate of drug-likeness (QED) is 0.374. The molecule has 0 bridgehead atoms. The fourth-order valence-electron chi connectivity index (χ4n) is 3.55. The number of benzene rings is 2. The summed E-state index contributed by atoms with van der Waals surface area (Å²) in [6, 6.07) is 11.1. The van der Waals surface area contributed by atoms with Crippen LogP contribution in [0.15, 0.2) is 42.5 Å². The minimum absolute atomic E-state index is 0.0507. The maximum atomic E-state index is 14.5. The van der Waals surface area contributed by atoms with Crippen molar-refractivity contribution in [1.82, 2.24) is 19.6 Å². The van der Waals surface area contributed by atoms with Gasteiger partial charge in [-0.15, -0.1) is 10.2 Å². The number of fused-ring (bicyclic) bond motifs is 3. The second-order valence-corrected chi connectivity index (χ2v) is 8.41. The van der Waals surface area contributed by atoms with Crippen LogP contribution in [0.25, 0.3) is 16.7 Å². The maximum Gasteiger partial charge on any atom is 0.258 e. The largest absolute Gasteiger partial charge is 0.320 e. The molecular formula is C23H17ClF3N5. The Morgan fingerprint density at radius 1 is 1.19 bits per heavy atom. The van der Waals surface area contributed by atoms with Crippen molar-refractivity contribution in [3.63, 3.8) is 0 Å². The van der Waals surface area contributed by atoms with E-state index in [1.54, 1.807) is 30.3 Å². The van der Waals surface area contributed by atoms with Crippen LogP contribution in [0.2, 0.25) is 5.28 Å². The van der Waals surface area contributed by atoms with E-state index in [0.29, 0.717) is 16.5 Å². The molecule has 2 aromatic carbocycles. The molecule has 2 aromatic heterocycles. The molecule has 9 heteroatoms. The molecule has 0 atom stereocenters. The number of hydrogen-bond donors (Lipinski definition) is 0. The average Bonchev–Trinajstić information content (AvgIpc) is 3.39. The van der Waals surface area contributed by atoms with Crippen molar-refractivity contribution in [1.29, 1.82) is 0 Å². The Labute approximate surface area is 186 Å². The molecule has 1 aliphatic carbocycles. The van der Waals surface area contributed by atoms with Crippen molar-refractivity contribution in [2.45, 2.75) is 26.2 Å². The molecule has 0 amide bonds. The highest BCUT2D eigenvalue weighted by molar-refractivity contribution is 6.29. The molecule has 32 heavy (non-hydrogen) atoms. The van der Waals surface area contributed by atoms with Crippen molar-refractivity contribution in [3.8, 4) is 11.8 Å². The lowest BCUT2D eigenvalue weighted by Gasteiger charge is -2.25. The summed E-state index contributed by atoms with van der Waals surface area (Å²) in [7, 11) is 0. The predicted molar refractivity (Wildman–Crippen MR) is 117 cm³/mol. The van der Waals surface area contributed by atoms with Gasteiger partial charge >= 0.3 is 0 Å². The summed E-state index contributed by atoms with van der Waals surface area (Å²) >= 11 is 6.15.